The minimum absolute atomic E-state index is 0.471. The number of rotatable bonds is 3. The molecule has 1 aliphatic heterocycles. The van der Waals surface area contributed by atoms with E-state index in [-0.39, 0.29) is 0 Å². The van der Waals surface area contributed by atoms with Gasteiger partial charge in [-0.15, -0.1) is 0 Å². The third kappa shape index (κ3) is 3.56. The third-order valence-electron chi connectivity index (χ3n) is 4.94. The van der Waals surface area contributed by atoms with Crippen LogP contribution in [0.25, 0.3) is 11.3 Å². The zero-order chi connectivity index (χ0) is 21.3. The van der Waals surface area contributed by atoms with Crippen molar-refractivity contribution >= 4 is 17.2 Å². The Morgan fingerprint density at radius 2 is 1.30 bits per heavy atom. The van der Waals surface area contributed by atoms with Crippen LogP contribution in [0.3, 0.4) is 0 Å². The van der Waals surface area contributed by atoms with E-state index in [9.17, 15) is 13.2 Å². The number of hydrogen-bond donors (Lipinski definition) is 0. The summed E-state index contributed by atoms with van der Waals surface area (Å²) in [5.41, 5.74) is 3.80. The largest absolute Gasteiger partial charge is 0.497 e. The molecule has 0 aromatic heterocycles. The highest BCUT2D eigenvalue weighted by molar-refractivity contribution is 6.13. The van der Waals surface area contributed by atoms with E-state index >= 15 is 0 Å². The van der Waals surface area contributed by atoms with E-state index in [2.05, 4.69) is 4.99 Å². The minimum Gasteiger partial charge on any atom is -0.497 e. The van der Waals surface area contributed by atoms with Gasteiger partial charge in [0.1, 0.15) is 5.75 Å². The number of halogens is 3. The maximum atomic E-state index is 13.1. The molecule has 0 spiro atoms. The van der Waals surface area contributed by atoms with Crippen LogP contribution in [-0.2, 0) is 10.9 Å². The number of nitrogens with zero attached hydrogens (tertiary/aromatic N) is 1. The Labute approximate surface area is 172 Å². The van der Waals surface area contributed by atoms with E-state index in [1.165, 1.54) is 12.1 Å². The number of hydrogen-bond acceptors (Lipinski definition) is 3. The van der Waals surface area contributed by atoms with Crippen LogP contribution in [0.2, 0.25) is 0 Å². The van der Waals surface area contributed by atoms with Gasteiger partial charge in [0, 0.05) is 16.7 Å². The summed E-state index contributed by atoms with van der Waals surface area (Å²) in [6.45, 7) is 0. The van der Waals surface area contributed by atoms with Crippen molar-refractivity contribution in [3.05, 3.63) is 101 Å². The summed E-state index contributed by atoms with van der Waals surface area (Å²) < 4.78 is 49.8. The molecule has 4 rings (SSSR count). The number of benzene rings is 3. The van der Waals surface area contributed by atoms with Crippen molar-refractivity contribution in [3.8, 4) is 5.75 Å². The van der Waals surface area contributed by atoms with Crippen LogP contribution in [0.4, 0.5) is 13.2 Å². The van der Waals surface area contributed by atoms with E-state index in [0.717, 1.165) is 28.8 Å². The van der Waals surface area contributed by atoms with Crippen LogP contribution in [0.1, 0.15) is 27.8 Å². The molecule has 0 amide bonds. The topological polar surface area (TPSA) is 30.8 Å². The average molecular weight is 409 g/mol. The Morgan fingerprint density at radius 3 is 1.83 bits per heavy atom. The number of aliphatic imine (C=N–C) groups is 1. The van der Waals surface area contributed by atoms with Gasteiger partial charge >= 0.3 is 6.18 Å². The normalized spacial score (nSPS) is 14.8. The maximum absolute atomic E-state index is 13.1. The summed E-state index contributed by atoms with van der Waals surface area (Å²) in [7, 11) is 3.12. The molecule has 0 N–H and O–H groups in total. The molecule has 3 nitrogen and oxygen atoms in total. The molecule has 0 saturated heterocycles. The first-order valence-electron chi connectivity index (χ1n) is 9.21. The van der Waals surface area contributed by atoms with Crippen molar-refractivity contribution in [2.75, 3.05) is 14.2 Å². The Bertz CT molecular complexity index is 1130. The molecule has 0 fully saturated rings. The van der Waals surface area contributed by atoms with Crippen LogP contribution in [0.15, 0.2) is 77.8 Å². The molecular weight excluding hydrogens is 391 g/mol. The van der Waals surface area contributed by atoms with Gasteiger partial charge in [-0.25, -0.2) is 4.99 Å². The van der Waals surface area contributed by atoms with E-state index in [1.807, 2.05) is 48.5 Å². The summed E-state index contributed by atoms with van der Waals surface area (Å²) in [5.74, 6) is 1.15. The first kappa shape index (κ1) is 19.8. The van der Waals surface area contributed by atoms with Gasteiger partial charge in [-0.1, -0.05) is 42.5 Å². The molecule has 0 bridgehead atoms. The molecule has 30 heavy (non-hydrogen) atoms. The average Bonchev–Trinajstić information content (AvgIpc) is 3.13. The lowest BCUT2D eigenvalue weighted by atomic mass is 9.92. The van der Waals surface area contributed by atoms with E-state index in [4.69, 9.17) is 9.47 Å². The van der Waals surface area contributed by atoms with Gasteiger partial charge in [0.2, 0.25) is 5.90 Å². The summed E-state index contributed by atoms with van der Waals surface area (Å²) in [6.07, 6.45) is -4.40. The molecule has 0 saturated carbocycles. The first-order chi connectivity index (χ1) is 14.4. The van der Waals surface area contributed by atoms with Gasteiger partial charge < -0.3 is 9.47 Å². The van der Waals surface area contributed by atoms with Crippen molar-refractivity contribution in [3.63, 3.8) is 0 Å². The highest BCUT2D eigenvalue weighted by Crippen LogP contribution is 2.40. The van der Waals surface area contributed by atoms with Crippen LogP contribution >= 0.6 is 0 Å². The van der Waals surface area contributed by atoms with Crippen LogP contribution in [0.5, 0.6) is 5.75 Å². The van der Waals surface area contributed by atoms with Crippen molar-refractivity contribution in [2.45, 2.75) is 6.18 Å². The second kappa shape index (κ2) is 7.71. The Balaban J connectivity index is 1.95. The SMILES string of the molecule is COC1=N/C(=C(\c2ccc(OC)cc2)c2ccc(C(F)(F)F)cc2)c2ccccc21. The number of fused-ring (bicyclic) bond motifs is 1. The van der Waals surface area contributed by atoms with E-state index < -0.39 is 11.7 Å². The standard InChI is InChI=1S/C24H18F3NO2/c1-29-18-13-9-16(10-14-18)21(15-7-11-17(12-8-15)24(25,26)27)22-19-5-3-4-6-20(19)23(28-22)30-2/h3-14H,1-2H3/b22-21-. The second-order valence-electron chi connectivity index (χ2n) is 6.69. The van der Waals surface area contributed by atoms with Crippen molar-refractivity contribution in [1.29, 1.82) is 0 Å². The molecule has 0 unspecified atom stereocenters. The van der Waals surface area contributed by atoms with Gasteiger partial charge in [-0.3, -0.25) is 0 Å². The number of ether oxygens (including phenoxy) is 2. The molecule has 0 aliphatic carbocycles. The Kier molecular flexibility index (Phi) is 5.08. The highest BCUT2D eigenvalue weighted by Gasteiger charge is 2.31. The molecule has 0 radical (unpaired) electrons. The van der Waals surface area contributed by atoms with Gasteiger partial charge in [-0.2, -0.15) is 13.2 Å². The van der Waals surface area contributed by atoms with Crippen LogP contribution in [-0.4, -0.2) is 20.1 Å². The van der Waals surface area contributed by atoms with E-state index in [0.29, 0.717) is 28.5 Å². The lowest BCUT2D eigenvalue weighted by molar-refractivity contribution is -0.137. The lowest BCUT2D eigenvalue weighted by Crippen LogP contribution is -2.04. The van der Waals surface area contributed by atoms with Gasteiger partial charge in [-0.05, 0) is 41.5 Å². The second-order valence-corrected chi connectivity index (χ2v) is 6.69. The predicted molar refractivity (Wildman–Crippen MR) is 110 cm³/mol. The van der Waals surface area contributed by atoms with Crippen molar-refractivity contribution in [1.82, 2.24) is 0 Å². The van der Waals surface area contributed by atoms with Gasteiger partial charge in [0.05, 0.1) is 25.5 Å². The quantitative estimate of drug-likeness (QED) is 0.528. The third-order valence-corrected chi connectivity index (χ3v) is 4.94. The maximum Gasteiger partial charge on any atom is 0.416 e. The highest BCUT2D eigenvalue weighted by atomic mass is 19.4. The summed E-state index contributed by atoms with van der Waals surface area (Å²) >= 11 is 0. The fourth-order valence-electron chi connectivity index (χ4n) is 3.47. The fourth-order valence-corrected chi connectivity index (χ4v) is 3.47. The van der Waals surface area contributed by atoms with Gasteiger partial charge in [0.25, 0.3) is 0 Å². The smallest absolute Gasteiger partial charge is 0.416 e. The van der Waals surface area contributed by atoms with Crippen LogP contribution < -0.4 is 4.74 Å². The summed E-state index contributed by atoms with van der Waals surface area (Å²) in [4.78, 5) is 4.66. The molecule has 1 aliphatic rings. The zero-order valence-corrected chi connectivity index (χ0v) is 16.3. The Hall–Kier alpha value is -3.54. The van der Waals surface area contributed by atoms with Gasteiger partial charge in [0.15, 0.2) is 0 Å². The fraction of sp³-hybridized carbons (Fsp3) is 0.125. The van der Waals surface area contributed by atoms with E-state index in [1.54, 1.807) is 14.2 Å². The molecule has 6 heteroatoms. The molecule has 1 heterocycles. The molecule has 152 valence electrons. The molecule has 3 aromatic rings. The number of alkyl halides is 3. The van der Waals surface area contributed by atoms with Crippen LogP contribution in [0, 0.1) is 0 Å². The van der Waals surface area contributed by atoms with Crippen molar-refractivity contribution in [2.24, 2.45) is 4.99 Å². The predicted octanol–water partition coefficient (Wildman–Crippen LogP) is 6.04. The molecular formula is C24H18F3NO2. The lowest BCUT2D eigenvalue weighted by Gasteiger charge is -2.14. The zero-order valence-electron chi connectivity index (χ0n) is 16.3. The summed E-state index contributed by atoms with van der Waals surface area (Å²) in [6, 6.07) is 20.1. The molecule has 3 aromatic carbocycles. The summed E-state index contributed by atoms with van der Waals surface area (Å²) in [5, 5.41) is 0. The van der Waals surface area contributed by atoms with Crippen molar-refractivity contribution < 1.29 is 22.6 Å². The molecule has 0 atom stereocenters. The minimum atomic E-state index is -4.40. The monoisotopic (exact) mass is 409 g/mol. The number of methoxy groups -OCH3 is 2. The Morgan fingerprint density at radius 1 is 0.733 bits per heavy atom. The first-order valence-corrected chi connectivity index (χ1v) is 9.21.